The van der Waals surface area contributed by atoms with Crippen LogP contribution in [0, 0.1) is 18.8 Å². The summed E-state index contributed by atoms with van der Waals surface area (Å²) in [7, 11) is 0. The van der Waals surface area contributed by atoms with Gasteiger partial charge in [-0.2, -0.15) is 0 Å². The van der Waals surface area contributed by atoms with E-state index in [4.69, 9.17) is 0 Å². The number of aliphatic hydroxyl groups excluding tert-OH is 1. The number of phenols is 1. The minimum Gasteiger partial charge on any atom is -0.508 e. The number of aryl methyl sites for hydroxylation is 1. The molecule has 0 heterocycles. The van der Waals surface area contributed by atoms with Gasteiger partial charge in [-0.1, -0.05) is 63.8 Å². The maximum absolute atomic E-state index is 10.6. The van der Waals surface area contributed by atoms with Crippen molar-refractivity contribution < 1.29 is 10.2 Å². The van der Waals surface area contributed by atoms with Crippen LogP contribution in [0.3, 0.4) is 0 Å². The summed E-state index contributed by atoms with van der Waals surface area (Å²) >= 11 is 0. The van der Waals surface area contributed by atoms with Crippen molar-refractivity contribution in [2.75, 3.05) is 0 Å². The molecule has 2 aromatic rings. The van der Waals surface area contributed by atoms with E-state index in [9.17, 15) is 10.2 Å². The third-order valence-corrected chi connectivity index (χ3v) is 5.75. The van der Waals surface area contributed by atoms with Crippen molar-refractivity contribution in [3.05, 3.63) is 64.2 Å². The number of aromatic hydroxyl groups is 1. The number of benzene rings is 2. The summed E-state index contributed by atoms with van der Waals surface area (Å²) in [6, 6.07) is 11.6. The lowest BCUT2D eigenvalue weighted by Gasteiger charge is -2.42. The molecule has 1 aliphatic carbocycles. The molecule has 1 atom stereocenters. The average Bonchev–Trinajstić information content (AvgIpc) is 2.59. The number of hydrogen-bond donors (Lipinski definition) is 2. The fourth-order valence-electron chi connectivity index (χ4n) is 3.70. The summed E-state index contributed by atoms with van der Waals surface area (Å²) in [6.45, 7) is 11.0. The third kappa shape index (κ3) is 3.50. The Balaban J connectivity index is 1.93. The molecule has 2 aromatic carbocycles. The Bertz CT molecular complexity index is 894. The van der Waals surface area contributed by atoms with Crippen LogP contribution in [0.1, 0.15) is 74.5 Å². The number of rotatable bonds is 1. The van der Waals surface area contributed by atoms with Crippen LogP contribution in [0.25, 0.3) is 0 Å². The van der Waals surface area contributed by atoms with E-state index in [2.05, 4.69) is 51.7 Å². The molecule has 0 spiro atoms. The summed E-state index contributed by atoms with van der Waals surface area (Å²) in [5.41, 5.74) is 5.32. The normalized spacial score (nSPS) is 18.4. The second-order valence-corrected chi connectivity index (χ2v) is 8.75. The largest absolute Gasteiger partial charge is 0.508 e. The van der Waals surface area contributed by atoms with Crippen molar-refractivity contribution in [1.82, 2.24) is 0 Å². The zero-order valence-electron chi connectivity index (χ0n) is 16.4. The fraction of sp³-hybridized carbons (Fsp3) is 0.417. The molecule has 1 aliphatic rings. The fourth-order valence-corrected chi connectivity index (χ4v) is 3.70. The Morgan fingerprint density at radius 1 is 0.923 bits per heavy atom. The number of fused-ring (bicyclic) bond motifs is 1. The molecule has 2 nitrogen and oxygen atoms in total. The molecule has 2 heteroatoms. The van der Waals surface area contributed by atoms with E-state index in [1.165, 1.54) is 17.5 Å². The maximum Gasteiger partial charge on any atom is 0.140 e. The maximum atomic E-state index is 10.6. The summed E-state index contributed by atoms with van der Waals surface area (Å²) < 4.78 is 0. The molecule has 0 saturated carbocycles. The lowest BCUT2D eigenvalue weighted by atomic mass is 9.63. The van der Waals surface area contributed by atoms with E-state index in [0.717, 1.165) is 17.5 Å². The molecule has 0 aliphatic heterocycles. The Morgan fingerprint density at radius 2 is 1.58 bits per heavy atom. The van der Waals surface area contributed by atoms with Crippen molar-refractivity contribution in [2.45, 2.75) is 64.4 Å². The second-order valence-electron chi connectivity index (χ2n) is 8.75. The quantitative estimate of drug-likeness (QED) is 0.701. The number of phenolic OH excluding ortho intramolecular Hbond substituents is 1. The third-order valence-electron chi connectivity index (χ3n) is 5.75. The van der Waals surface area contributed by atoms with Crippen LogP contribution in [-0.2, 0) is 10.8 Å². The predicted molar refractivity (Wildman–Crippen MR) is 106 cm³/mol. The smallest absolute Gasteiger partial charge is 0.140 e. The SMILES string of the molecule is Cc1ccc(C#CC(O)c2ccc3c(c2)C(C)(C)CCC3(C)C)cc1O. The molecule has 136 valence electrons. The predicted octanol–water partition coefficient (Wildman–Crippen LogP) is 5.13. The minimum atomic E-state index is -0.843. The van der Waals surface area contributed by atoms with Crippen molar-refractivity contribution in [3.63, 3.8) is 0 Å². The molecular weight excluding hydrogens is 320 g/mol. The number of hydrogen-bond acceptors (Lipinski definition) is 2. The molecule has 2 N–H and O–H groups in total. The minimum absolute atomic E-state index is 0.108. The van der Waals surface area contributed by atoms with Crippen LogP contribution >= 0.6 is 0 Å². The average molecular weight is 348 g/mol. The van der Waals surface area contributed by atoms with Gasteiger partial charge in [0.25, 0.3) is 0 Å². The van der Waals surface area contributed by atoms with Crippen molar-refractivity contribution in [2.24, 2.45) is 0 Å². The molecular formula is C24H28O2. The van der Waals surface area contributed by atoms with Crippen LogP contribution in [0.5, 0.6) is 5.75 Å². The van der Waals surface area contributed by atoms with Gasteiger partial charge in [0, 0.05) is 5.56 Å². The highest BCUT2D eigenvalue weighted by molar-refractivity contribution is 5.47. The lowest BCUT2D eigenvalue weighted by Crippen LogP contribution is -2.34. The zero-order valence-corrected chi connectivity index (χ0v) is 16.4. The molecule has 0 bridgehead atoms. The van der Waals surface area contributed by atoms with E-state index in [-0.39, 0.29) is 16.6 Å². The van der Waals surface area contributed by atoms with Gasteiger partial charge in [0.15, 0.2) is 0 Å². The molecule has 1 unspecified atom stereocenters. The van der Waals surface area contributed by atoms with E-state index in [0.29, 0.717) is 5.56 Å². The first-order chi connectivity index (χ1) is 12.1. The van der Waals surface area contributed by atoms with Gasteiger partial charge in [-0.3, -0.25) is 0 Å². The molecule has 0 fully saturated rings. The zero-order chi connectivity index (χ0) is 19.1. The summed E-state index contributed by atoms with van der Waals surface area (Å²) in [5, 5.41) is 20.4. The second kappa shape index (κ2) is 6.49. The number of aliphatic hydroxyl groups is 1. The van der Waals surface area contributed by atoms with Gasteiger partial charge in [0.2, 0.25) is 0 Å². The monoisotopic (exact) mass is 348 g/mol. The lowest BCUT2D eigenvalue weighted by molar-refractivity contribution is 0.237. The molecule has 0 amide bonds. The van der Waals surface area contributed by atoms with Crippen LogP contribution in [0.4, 0.5) is 0 Å². The van der Waals surface area contributed by atoms with Gasteiger partial charge >= 0.3 is 0 Å². The van der Waals surface area contributed by atoms with Crippen molar-refractivity contribution in [3.8, 4) is 17.6 Å². The highest BCUT2D eigenvalue weighted by Crippen LogP contribution is 2.46. The molecule has 0 aromatic heterocycles. The van der Waals surface area contributed by atoms with E-state index in [1.807, 2.05) is 25.1 Å². The first-order valence-electron chi connectivity index (χ1n) is 9.24. The van der Waals surface area contributed by atoms with Crippen LogP contribution in [-0.4, -0.2) is 10.2 Å². The standard InChI is InChI=1S/C24H28O2/c1-16-6-7-17(14-22(16)26)8-11-21(25)18-9-10-19-20(15-18)24(4,5)13-12-23(19,2)3/h6-7,9-10,14-15,21,25-26H,12-13H2,1-5H3. The Labute approximate surface area is 156 Å². The molecule has 0 saturated heterocycles. The van der Waals surface area contributed by atoms with Crippen LogP contribution in [0.2, 0.25) is 0 Å². The summed E-state index contributed by atoms with van der Waals surface area (Å²) in [4.78, 5) is 0. The van der Waals surface area contributed by atoms with Gasteiger partial charge in [0.05, 0.1) is 0 Å². The Hall–Kier alpha value is -2.24. The van der Waals surface area contributed by atoms with E-state index >= 15 is 0 Å². The van der Waals surface area contributed by atoms with Gasteiger partial charge in [-0.15, -0.1) is 0 Å². The molecule has 3 rings (SSSR count). The van der Waals surface area contributed by atoms with E-state index < -0.39 is 6.10 Å². The summed E-state index contributed by atoms with van der Waals surface area (Å²) in [5.74, 6) is 6.11. The topological polar surface area (TPSA) is 40.5 Å². The first-order valence-corrected chi connectivity index (χ1v) is 9.24. The van der Waals surface area contributed by atoms with Gasteiger partial charge in [0.1, 0.15) is 11.9 Å². The summed E-state index contributed by atoms with van der Waals surface area (Å²) in [6.07, 6.45) is 1.47. The first kappa shape index (κ1) is 18.5. The Kier molecular flexibility index (Phi) is 4.63. The molecule has 0 radical (unpaired) electrons. The highest BCUT2D eigenvalue weighted by Gasteiger charge is 2.37. The Morgan fingerprint density at radius 3 is 2.23 bits per heavy atom. The van der Waals surface area contributed by atoms with Crippen LogP contribution < -0.4 is 0 Å². The van der Waals surface area contributed by atoms with Gasteiger partial charge < -0.3 is 10.2 Å². The van der Waals surface area contributed by atoms with Gasteiger partial charge in [-0.05, 0) is 65.0 Å². The van der Waals surface area contributed by atoms with E-state index in [1.54, 1.807) is 6.07 Å². The van der Waals surface area contributed by atoms with Crippen LogP contribution in [0.15, 0.2) is 36.4 Å². The molecule has 26 heavy (non-hydrogen) atoms. The van der Waals surface area contributed by atoms with Crippen molar-refractivity contribution >= 4 is 0 Å². The highest BCUT2D eigenvalue weighted by atomic mass is 16.3. The van der Waals surface area contributed by atoms with Crippen molar-refractivity contribution in [1.29, 1.82) is 0 Å². The van der Waals surface area contributed by atoms with Gasteiger partial charge in [-0.25, -0.2) is 0 Å².